The van der Waals surface area contributed by atoms with Crippen LogP contribution < -0.4 is 10.6 Å². The Bertz CT molecular complexity index is 70.0. The summed E-state index contributed by atoms with van der Waals surface area (Å²) in [6.45, 7) is 2.49. The Labute approximate surface area is 63.3 Å². The summed E-state index contributed by atoms with van der Waals surface area (Å²) < 4.78 is 0. The molecule has 3 nitrogen and oxygen atoms in total. The van der Waals surface area contributed by atoms with Gasteiger partial charge in [-0.3, -0.25) is 4.79 Å². The van der Waals surface area contributed by atoms with Gasteiger partial charge in [0, 0.05) is 25.0 Å². The second kappa shape index (κ2) is 7.91. The van der Waals surface area contributed by atoms with Gasteiger partial charge in [-0.05, 0) is 0 Å². The van der Waals surface area contributed by atoms with E-state index >= 15 is 0 Å². The van der Waals surface area contributed by atoms with Gasteiger partial charge >= 0.3 is 0 Å². The number of alkyl halides is 1. The van der Waals surface area contributed by atoms with Crippen LogP contribution >= 0.6 is 15.9 Å². The highest BCUT2D eigenvalue weighted by Gasteiger charge is 1.82. The molecule has 0 saturated carbocycles. The third-order valence-electron chi connectivity index (χ3n) is 0.801. The zero-order valence-corrected chi connectivity index (χ0v) is 6.78. The molecule has 0 radical (unpaired) electrons. The molecule has 0 unspecified atom stereocenters. The van der Waals surface area contributed by atoms with Gasteiger partial charge in [0.05, 0.1) is 0 Å². The van der Waals surface area contributed by atoms with E-state index in [0.29, 0.717) is 13.0 Å². The Morgan fingerprint density at radius 1 is 1.33 bits per heavy atom. The average molecular weight is 195 g/mol. The molecular weight excluding hydrogens is 184 g/mol. The first kappa shape index (κ1) is 8.91. The van der Waals surface area contributed by atoms with E-state index in [0.717, 1.165) is 18.4 Å². The van der Waals surface area contributed by atoms with Gasteiger partial charge in [-0.15, -0.1) is 0 Å². The normalized spacial score (nSPS) is 9.00. The average Bonchev–Trinajstić information content (AvgIpc) is 1.89. The molecule has 0 aliphatic carbocycles. The van der Waals surface area contributed by atoms with Crippen molar-refractivity contribution in [2.24, 2.45) is 0 Å². The van der Waals surface area contributed by atoms with Gasteiger partial charge in [0.1, 0.15) is 0 Å². The minimum absolute atomic E-state index is 0.704. The molecule has 0 aromatic carbocycles. The van der Waals surface area contributed by atoms with Gasteiger partial charge in [-0.1, -0.05) is 15.9 Å². The maximum atomic E-state index is 9.69. The predicted molar refractivity (Wildman–Crippen MR) is 40.7 cm³/mol. The van der Waals surface area contributed by atoms with Crippen LogP contribution in [0.2, 0.25) is 0 Å². The largest absolute Gasteiger partial charge is 0.357 e. The fraction of sp³-hybridized carbons (Fsp3) is 0.800. The first-order valence-corrected chi connectivity index (χ1v) is 3.97. The maximum absolute atomic E-state index is 9.69. The molecule has 0 bridgehead atoms. The number of halogens is 1. The summed E-state index contributed by atoms with van der Waals surface area (Å²) in [6, 6.07) is 0. The minimum Gasteiger partial charge on any atom is -0.357 e. The number of hydrogen-bond donors (Lipinski definition) is 2. The fourth-order valence-corrected chi connectivity index (χ4v) is 0.692. The summed E-state index contributed by atoms with van der Waals surface area (Å²) in [7, 11) is 0. The third-order valence-corrected chi connectivity index (χ3v) is 1.20. The van der Waals surface area contributed by atoms with Crippen molar-refractivity contribution in [2.45, 2.75) is 0 Å². The van der Waals surface area contributed by atoms with Crippen molar-refractivity contribution in [3.8, 4) is 0 Å². The van der Waals surface area contributed by atoms with Crippen LogP contribution in [0.3, 0.4) is 0 Å². The smallest absolute Gasteiger partial charge is 0.207 e. The molecule has 0 rings (SSSR count). The highest BCUT2D eigenvalue weighted by atomic mass is 79.9. The maximum Gasteiger partial charge on any atom is 0.207 e. The van der Waals surface area contributed by atoms with Crippen LogP contribution in [0.25, 0.3) is 0 Å². The number of nitrogens with one attached hydrogen (secondary N) is 2. The second-order valence-electron chi connectivity index (χ2n) is 1.51. The van der Waals surface area contributed by atoms with Crippen molar-refractivity contribution in [3.63, 3.8) is 0 Å². The lowest BCUT2D eigenvalue weighted by Crippen LogP contribution is -2.27. The van der Waals surface area contributed by atoms with Crippen molar-refractivity contribution < 1.29 is 4.79 Å². The zero-order valence-electron chi connectivity index (χ0n) is 5.19. The Morgan fingerprint density at radius 2 is 2.11 bits per heavy atom. The Morgan fingerprint density at radius 3 is 2.67 bits per heavy atom. The quantitative estimate of drug-likeness (QED) is 0.347. The summed E-state index contributed by atoms with van der Waals surface area (Å²) in [5.41, 5.74) is 0. The van der Waals surface area contributed by atoms with Crippen LogP contribution in [-0.4, -0.2) is 31.4 Å². The van der Waals surface area contributed by atoms with Crippen LogP contribution in [0, 0.1) is 0 Å². The van der Waals surface area contributed by atoms with Gasteiger partial charge in [-0.25, -0.2) is 0 Å². The summed E-state index contributed by atoms with van der Waals surface area (Å²) in [5, 5.41) is 6.60. The number of amides is 1. The van der Waals surface area contributed by atoms with Gasteiger partial charge in [-0.2, -0.15) is 0 Å². The lowest BCUT2D eigenvalue weighted by atomic mass is 10.6. The van der Waals surface area contributed by atoms with Crippen molar-refractivity contribution in [3.05, 3.63) is 0 Å². The Balaban J connectivity index is 2.66. The number of carbonyl (C=O) groups excluding carboxylic acids is 1. The summed E-state index contributed by atoms with van der Waals surface area (Å²) in [6.07, 6.45) is 0.704. The van der Waals surface area contributed by atoms with E-state index in [9.17, 15) is 4.79 Å². The molecule has 1 amide bonds. The molecule has 54 valence electrons. The molecule has 0 heterocycles. The molecule has 0 aromatic rings. The van der Waals surface area contributed by atoms with Crippen LogP contribution in [0.5, 0.6) is 0 Å². The van der Waals surface area contributed by atoms with E-state index in [2.05, 4.69) is 26.6 Å². The van der Waals surface area contributed by atoms with Crippen molar-refractivity contribution in [1.29, 1.82) is 0 Å². The van der Waals surface area contributed by atoms with E-state index < -0.39 is 0 Å². The number of rotatable bonds is 6. The molecule has 4 heteroatoms. The summed E-state index contributed by atoms with van der Waals surface area (Å²) >= 11 is 3.27. The topological polar surface area (TPSA) is 41.1 Å². The van der Waals surface area contributed by atoms with Crippen LogP contribution in [0.4, 0.5) is 0 Å². The lowest BCUT2D eigenvalue weighted by molar-refractivity contribution is -0.109. The van der Waals surface area contributed by atoms with Gasteiger partial charge in [0.2, 0.25) is 6.41 Å². The first-order valence-electron chi connectivity index (χ1n) is 2.85. The van der Waals surface area contributed by atoms with E-state index in [1.54, 1.807) is 0 Å². The lowest BCUT2D eigenvalue weighted by Gasteiger charge is -1.99. The molecule has 0 aliphatic heterocycles. The molecule has 0 saturated heterocycles. The third kappa shape index (κ3) is 7.91. The van der Waals surface area contributed by atoms with Crippen molar-refractivity contribution in [1.82, 2.24) is 10.6 Å². The molecule has 0 atom stereocenters. The summed E-state index contributed by atoms with van der Waals surface area (Å²) in [4.78, 5) is 9.69. The zero-order chi connectivity index (χ0) is 6.95. The van der Waals surface area contributed by atoms with Crippen LogP contribution in [0.1, 0.15) is 0 Å². The molecular formula is C5H11BrN2O. The van der Waals surface area contributed by atoms with Gasteiger partial charge in [0.25, 0.3) is 0 Å². The molecule has 9 heavy (non-hydrogen) atoms. The number of hydrogen-bond acceptors (Lipinski definition) is 2. The predicted octanol–water partition coefficient (Wildman–Crippen LogP) is -0.283. The fourth-order valence-electron chi connectivity index (χ4n) is 0.411. The first-order chi connectivity index (χ1) is 4.41. The van der Waals surface area contributed by atoms with Crippen molar-refractivity contribution >= 4 is 22.3 Å². The monoisotopic (exact) mass is 194 g/mol. The molecule has 0 fully saturated rings. The van der Waals surface area contributed by atoms with Crippen LogP contribution in [-0.2, 0) is 4.79 Å². The summed E-state index contributed by atoms with van der Waals surface area (Å²) in [5.74, 6) is 0. The standard InChI is InChI=1S/C5H11BrN2O/c6-1-2-7-3-4-8-5-9/h5,7H,1-4H2,(H,8,9). The highest BCUT2D eigenvalue weighted by molar-refractivity contribution is 9.09. The molecule has 0 aliphatic rings. The number of carbonyl (C=O) groups is 1. The molecule has 2 N–H and O–H groups in total. The highest BCUT2D eigenvalue weighted by Crippen LogP contribution is 1.72. The Hall–Kier alpha value is -0.0900. The van der Waals surface area contributed by atoms with E-state index in [4.69, 9.17) is 0 Å². The Kier molecular flexibility index (Phi) is 7.83. The van der Waals surface area contributed by atoms with E-state index in [-0.39, 0.29) is 0 Å². The van der Waals surface area contributed by atoms with Crippen molar-refractivity contribution in [2.75, 3.05) is 25.0 Å². The molecule has 0 spiro atoms. The van der Waals surface area contributed by atoms with Gasteiger partial charge in [0.15, 0.2) is 0 Å². The van der Waals surface area contributed by atoms with Gasteiger partial charge < -0.3 is 10.6 Å². The second-order valence-corrected chi connectivity index (χ2v) is 2.30. The minimum atomic E-state index is 0.704. The SMILES string of the molecule is O=CNCCNCCBr. The van der Waals surface area contributed by atoms with Crippen LogP contribution in [0.15, 0.2) is 0 Å². The molecule has 0 aromatic heterocycles. The van der Waals surface area contributed by atoms with E-state index in [1.165, 1.54) is 0 Å². The van der Waals surface area contributed by atoms with E-state index in [1.807, 2.05) is 0 Å².